The first-order chi connectivity index (χ1) is 10.4. The van der Waals surface area contributed by atoms with E-state index in [1.807, 2.05) is 35.7 Å². The molecule has 0 spiro atoms. The van der Waals surface area contributed by atoms with Crippen molar-refractivity contribution in [3.8, 4) is 10.7 Å². The molecule has 0 aliphatic heterocycles. The summed E-state index contributed by atoms with van der Waals surface area (Å²) < 4.78 is 1.70. The van der Waals surface area contributed by atoms with Crippen LogP contribution in [-0.4, -0.2) is 24.6 Å². The zero-order valence-corrected chi connectivity index (χ0v) is 11.7. The average molecular weight is 294 g/mol. The first-order valence-electron chi connectivity index (χ1n) is 6.33. The number of aromatic nitrogens is 5. The van der Waals surface area contributed by atoms with Crippen LogP contribution < -0.4 is 5.32 Å². The van der Waals surface area contributed by atoms with Crippen LogP contribution in [0.4, 0.5) is 11.6 Å². The maximum Gasteiger partial charge on any atom is 0.247 e. The van der Waals surface area contributed by atoms with Gasteiger partial charge < -0.3 is 5.32 Å². The van der Waals surface area contributed by atoms with Gasteiger partial charge in [0.05, 0.1) is 0 Å². The molecule has 0 fully saturated rings. The minimum Gasteiger partial charge on any atom is -0.323 e. The van der Waals surface area contributed by atoms with Crippen LogP contribution in [0.2, 0.25) is 0 Å². The molecule has 102 valence electrons. The SMILES string of the molecule is c1ccc(Nc2nc3c(-c4nccs4)nccn3n2)cc1. The highest BCUT2D eigenvalue weighted by molar-refractivity contribution is 7.13. The topological polar surface area (TPSA) is 68.0 Å². The van der Waals surface area contributed by atoms with E-state index in [9.17, 15) is 0 Å². The number of fused-ring (bicyclic) bond motifs is 1. The summed E-state index contributed by atoms with van der Waals surface area (Å²) in [7, 11) is 0. The zero-order chi connectivity index (χ0) is 14.1. The summed E-state index contributed by atoms with van der Waals surface area (Å²) in [6.07, 6.45) is 5.23. The number of nitrogens with zero attached hydrogens (tertiary/aromatic N) is 5. The third-order valence-electron chi connectivity index (χ3n) is 2.92. The van der Waals surface area contributed by atoms with Crippen LogP contribution in [0.5, 0.6) is 0 Å². The summed E-state index contributed by atoms with van der Waals surface area (Å²) in [6, 6.07) is 9.81. The van der Waals surface area contributed by atoms with Gasteiger partial charge in [0.15, 0.2) is 5.65 Å². The number of benzene rings is 1. The molecule has 4 rings (SSSR count). The third-order valence-corrected chi connectivity index (χ3v) is 3.70. The van der Waals surface area contributed by atoms with Crippen LogP contribution in [0, 0.1) is 0 Å². The normalized spacial score (nSPS) is 10.9. The summed E-state index contributed by atoms with van der Waals surface area (Å²) in [5.41, 5.74) is 2.36. The monoisotopic (exact) mass is 294 g/mol. The molecule has 0 radical (unpaired) electrons. The highest BCUT2D eigenvalue weighted by atomic mass is 32.1. The molecule has 0 unspecified atom stereocenters. The Bertz CT molecular complexity index is 869. The number of anilines is 2. The van der Waals surface area contributed by atoms with E-state index in [0.29, 0.717) is 11.6 Å². The molecule has 0 amide bonds. The van der Waals surface area contributed by atoms with E-state index in [4.69, 9.17) is 0 Å². The van der Waals surface area contributed by atoms with Gasteiger partial charge in [-0.15, -0.1) is 16.4 Å². The van der Waals surface area contributed by atoms with Crippen LogP contribution >= 0.6 is 11.3 Å². The lowest BCUT2D eigenvalue weighted by Crippen LogP contribution is -1.93. The molecular weight excluding hydrogens is 284 g/mol. The van der Waals surface area contributed by atoms with Gasteiger partial charge >= 0.3 is 0 Å². The molecule has 1 aromatic carbocycles. The highest BCUT2D eigenvalue weighted by Crippen LogP contribution is 2.24. The Balaban J connectivity index is 1.78. The summed E-state index contributed by atoms with van der Waals surface area (Å²) >= 11 is 1.53. The van der Waals surface area contributed by atoms with Gasteiger partial charge in [0.2, 0.25) is 5.95 Å². The van der Waals surface area contributed by atoms with E-state index in [1.54, 1.807) is 23.1 Å². The van der Waals surface area contributed by atoms with Crippen LogP contribution in [0.3, 0.4) is 0 Å². The van der Waals surface area contributed by atoms with Crippen LogP contribution in [-0.2, 0) is 0 Å². The van der Waals surface area contributed by atoms with Crippen LogP contribution in [0.25, 0.3) is 16.3 Å². The average Bonchev–Trinajstić information content (AvgIpc) is 3.16. The minimum absolute atomic E-state index is 0.534. The van der Waals surface area contributed by atoms with E-state index in [0.717, 1.165) is 16.4 Å². The Labute approximate surface area is 124 Å². The van der Waals surface area contributed by atoms with E-state index in [2.05, 4.69) is 25.4 Å². The van der Waals surface area contributed by atoms with E-state index < -0.39 is 0 Å². The van der Waals surface area contributed by atoms with E-state index in [-0.39, 0.29) is 0 Å². The van der Waals surface area contributed by atoms with E-state index in [1.165, 1.54) is 11.3 Å². The van der Waals surface area contributed by atoms with Gasteiger partial charge in [-0.2, -0.15) is 4.98 Å². The van der Waals surface area contributed by atoms with Gasteiger partial charge in [-0.1, -0.05) is 18.2 Å². The maximum absolute atomic E-state index is 4.51. The van der Waals surface area contributed by atoms with Crippen molar-refractivity contribution in [3.05, 3.63) is 54.3 Å². The van der Waals surface area contributed by atoms with Crippen molar-refractivity contribution >= 4 is 28.6 Å². The molecule has 0 saturated carbocycles. The van der Waals surface area contributed by atoms with Crippen LogP contribution in [0.15, 0.2) is 54.3 Å². The van der Waals surface area contributed by atoms with Crippen LogP contribution in [0.1, 0.15) is 0 Å². The van der Waals surface area contributed by atoms with Crippen molar-refractivity contribution in [2.45, 2.75) is 0 Å². The molecule has 1 N–H and O–H groups in total. The predicted octanol–water partition coefficient (Wildman–Crippen LogP) is 2.99. The summed E-state index contributed by atoms with van der Waals surface area (Å²) in [5.74, 6) is 0.534. The number of hydrogen-bond acceptors (Lipinski definition) is 6. The lowest BCUT2D eigenvalue weighted by molar-refractivity contribution is 0.951. The van der Waals surface area contributed by atoms with Gasteiger partial charge in [-0.25, -0.2) is 14.5 Å². The van der Waals surface area contributed by atoms with Crippen molar-refractivity contribution in [1.82, 2.24) is 24.6 Å². The zero-order valence-electron chi connectivity index (χ0n) is 10.8. The van der Waals surface area contributed by atoms with Crippen molar-refractivity contribution < 1.29 is 0 Å². The molecule has 0 bridgehead atoms. The van der Waals surface area contributed by atoms with Gasteiger partial charge in [0.1, 0.15) is 10.7 Å². The van der Waals surface area contributed by atoms with Crippen molar-refractivity contribution in [2.24, 2.45) is 0 Å². The van der Waals surface area contributed by atoms with Crippen molar-refractivity contribution in [1.29, 1.82) is 0 Å². The lowest BCUT2D eigenvalue weighted by atomic mass is 10.3. The predicted molar refractivity (Wildman–Crippen MR) is 81.6 cm³/mol. The number of rotatable bonds is 3. The molecule has 7 heteroatoms. The highest BCUT2D eigenvalue weighted by Gasteiger charge is 2.12. The molecule has 4 aromatic rings. The Morgan fingerprint density at radius 3 is 2.76 bits per heavy atom. The Morgan fingerprint density at radius 2 is 1.95 bits per heavy atom. The second-order valence-electron chi connectivity index (χ2n) is 4.31. The molecule has 3 aromatic heterocycles. The number of para-hydroxylation sites is 1. The quantitative estimate of drug-likeness (QED) is 0.629. The summed E-state index contributed by atoms with van der Waals surface area (Å²) in [4.78, 5) is 13.2. The molecule has 0 aliphatic rings. The number of hydrogen-bond donors (Lipinski definition) is 1. The first-order valence-corrected chi connectivity index (χ1v) is 7.21. The van der Waals surface area contributed by atoms with E-state index >= 15 is 0 Å². The van der Waals surface area contributed by atoms with Crippen molar-refractivity contribution in [3.63, 3.8) is 0 Å². The molecule has 0 saturated heterocycles. The minimum atomic E-state index is 0.534. The maximum atomic E-state index is 4.51. The van der Waals surface area contributed by atoms with Gasteiger partial charge in [-0.05, 0) is 12.1 Å². The number of nitrogens with one attached hydrogen (secondary N) is 1. The smallest absolute Gasteiger partial charge is 0.247 e. The molecule has 6 nitrogen and oxygen atoms in total. The summed E-state index contributed by atoms with van der Waals surface area (Å²) in [5, 5.41) is 10.3. The molecule has 0 atom stereocenters. The second kappa shape index (κ2) is 4.95. The lowest BCUT2D eigenvalue weighted by Gasteiger charge is -1.98. The molecule has 3 heterocycles. The molecule has 21 heavy (non-hydrogen) atoms. The Morgan fingerprint density at radius 1 is 1.05 bits per heavy atom. The Hall–Kier alpha value is -2.80. The fourth-order valence-corrected chi connectivity index (χ4v) is 2.64. The van der Waals surface area contributed by atoms with Crippen molar-refractivity contribution in [2.75, 3.05) is 5.32 Å². The summed E-state index contributed by atoms with van der Waals surface area (Å²) in [6.45, 7) is 0. The van der Waals surface area contributed by atoms with Gasteiger partial charge in [0, 0.05) is 29.7 Å². The molecule has 0 aliphatic carbocycles. The van der Waals surface area contributed by atoms with Gasteiger partial charge in [0.25, 0.3) is 0 Å². The third kappa shape index (κ3) is 2.23. The standard InChI is InChI=1S/C14H10N6S/c1-2-4-10(5-3-1)17-14-18-12-11(13-16-7-9-21-13)15-6-8-20(12)19-14/h1-9H,(H,17,19). The fraction of sp³-hybridized carbons (Fsp3) is 0. The number of thiazole rings is 1. The first kappa shape index (κ1) is 12.0. The second-order valence-corrected chi connectivity index (χ2v) is 5.20. The Kier molecular flexibility index (Phi) is 2.82. The van der Waals surface area contributed by atoms with Gasteiger partial charge in [-0.3, -0.25) is 0 Å². The molecular formula is C14H10N6S. The fourth-order valence-electron chi connectivity index (χ4n) is 2.01. The largest absolute Gasteiger partial charge is 0.323 e.